The van der Waals surface area contributed by atoms with Gasteiger partial charge in [0, 0.05) is 24.7 Å². The smallest absolute Gasteiger partial charge is 0.226 e. The zero-order valence-corrected chi connectivity index (χ0v) is 15.6. The van der Waals surface area contributed by atoms with E-state index in [1.54, 1.807) is 4.68 Å². The van der Waals surface area contributed by atoms with Crippen molar-refractivity contribution in [2.45, 2.75) is 44.7 Å². The first kappa shape index (κ1) is 17.1. The third kappa shape index (κ3) is 3.60. The molecule has 0 aliphatic heterocycles. The van der Waals surface area contributed by atoms with E-state index in [2.05, 4.69) is 20.7 Å². The fraction of sp³-hybridized carbons (Fsp3) is 0.421. The monoisotopic (exact) mass is 370 g/mol. The van der Waals surface area contributed by atoms with Crippen LogP contribution in [0.15, 0.2) is 30.5 Å². The molecule has 2 heterocycles. The normalized spacial score (nSPS) is 15.3. The Morgan fingerprint density at radius 2 is 1.96 bits per heavy atom. The first-order chi connectivity index (χ1) is 12.7. The number of anilines is 2. The summed E-state index contributed by atoms with van der Waals surface area (Å²) in [6.07, 6.45) is 8.09. The number of hydrogen-bond acceptors (Lipinski definition) is 5. The summed E-state index contributed by atoms with van der Waals surface area (Å²) in [4.78, 5) is 9.35. The zero-order chi connectivity index (χ0) is 17.9. The Labute approximate surface area is 158 Å². The molecular formula is C19H23ClN6. The summed E-state index contributed by atoms with van der Waals surface area (Å²) >= 11 is 6.25. The molecule has 2 aromatic heterocycles. The summed E-state index contributed by atoms with van der Waals surface area (Å²) < 4.78 is 1.78. The second kappa shape index (κ2) is 7.50. The molecule has 3 aromatic rings. The van der Waals surface area contributed by atoms with Gasteiger partial charge in [-0.15, -0.1) is 0 Å². The number of nitrogens with one attached hydrogen (secondary N) is 2. The summed E-state index contributed by atoms with van der Waals surface area (Å²) in [6, 6.07) is 8.26. The quantitative estimate of drug-likeness (QED) is 0.697. The maximum absolute atomic E-state index is 6.25. The van der Waals surface area contributed by atoms with E-state index in [0.29, 0.717) is 18.5 Å². The van der Waals surface area contributed by atoms with Gasteiger partial charge in [0.05, 0.1) is 11.6 Å². The molecule has 1 aromatic carbocycles. The molecule has 0 spiro atoms. The lowest BCUT2D eigenvalue weighted by molar-refractivity contribution is 0.462. The fourth-order valence-electron chi connectivity index (χ4n) is 3.47. The SMILES string of the molecule is Cn1ncc2c(NC3CCCCC3)nc(NCc3ccccc3Cl)nc21. The van der Waals surface area contributed by atoms with Gasteiger partial charge >= 0.3 is 0 Å². The summed E-state index contributed by atoms with van der Waals surface area (Å²) in [5.41, 5.74) is 1.84. The van der Waals surface area contributed by atoms with E-state index >= 15 is 0 Å². The Morgan fingerprint density at radius 3 is 2.77 bits per heavy atom. The Hall–Kier alpha value is -2.34. The van der Waals surface area contributed by atoms with Crippen LogP contribution in [0.25, 0.3) is 11.0 Å². The molecule has 26 heavy (non-hydrogen) atoms. The van der Waals surface area contributed by atoms with Gasteiger partial charge < -0.3 is 10.6 Å². The first-order valence-corrected chi connectivity index (χ1v) is 9.52. The molecule has 0 atom stereocenters. The number of fused-ring (bicyclic) bond motifs is 1. The largest absolute Gasteiger partial charge is 0.367 e. The Kier molecular flexibility index (Phi) is 4.93. The van der Waals surface area contributed by atoms with Crippen LogP contribution in [-0.2, 0) is 13.6 Å². The number of aryl methyl sites for hydroxylation is 1. The van der Waals surface area contributed by atoms with Crippen molar-refractivity contribution in [3.05, 3.63) is 41.0 Å². The average Bonchev–Trinajstić information content (AvgIpc) is 3.03. The molecule has 0 radical (unpaired) electrons. The van der Waals surface area contributed by atoms with Crippen molar-refractivity contribution in [3.8, 4) is 0 Å². The highest BCUT2D eigenvalue weighted by Gasteiger charge is 2.17. The molecule has 1 saturated carbocycles. The highest BCUT2D eigenvalue weighted by Crippen LogP contribution is 2.26. The lowest BCUT2D eigenvalue weighted by atomic mass is 9.95. The minimum Gasteiger partial charge on any atom is -0.367 e. The van der Waals surface area contributed by atoms with Crippen LogP contribution in [0, 0.1) is 0 Å². The number of aromatic nitrogens is 4. The predicted octanol–water partition coefficient (Wildman–Crippen LogP) is 4.37. The lowest BCUT2D eigenvalue weighted by Gasteiger charge is -2.23. The van der Waals surface area contributed by atoms with Gasteiger partial charge in [-0.3, -0.25) is 4.68 Å². The van der Waals surface area contributed by atoms with Crippen molar-refractivity contribution in [2.24, 2.45) is 7.05 Å². The number of nitrogens with zero attached hydrogens (tertiary/aromatic N) is 4. The second-order valence-corrected chi connectivity index (χ2v) is 7.23. The molecular weight excluding hydrogens is 348 g/mol. The molecule has 0 unspecified atom stereocenters. The maximum atomic E-state index is 6.25. The van der Waals surface area contributed by atoms with E-state index in [4.69, 9.17) is 16.6 Å². The van der Waals surface area contributed by atoms with Crippen LogP contribution in [0.5, 0.6) is 0 Å². The van der Waals surface area contributed by atoms with Crippen molar-refractivity contribution in [1.82, 2.24) is 19.7 Å². The van der Waals surface area contributed by atoms with Crippen LogP contribution < -0.4 is 10.6 Å². The predicted molar refractivity (Wildman–Crippen MR) is 106 cm³/mol. The fourth-order valence-corrected chi connectivity index (χ4v) is 3.67. The average molecular weight is 371 g/mol. The van der Waals surface area contributed by atoms with Crippen LogP contribution in [-0.4, -0.2) is 25.8 Å². The summed E-state index contributed by atoms with van der Waals surface area (Å²) in [6.45, 7) is 0.575. The van der Waals surface area contributed by atoms with Gasteiger partial charge in [0.2, 0.25) is 5.95 Å². The Bertz CT molecular complexity index is 900. The van der Waals surface area contributed by atoms with Crippen molar-refractivity contribution in [3.63, 3.8) is 0 Å². The topological polar surface area (TPSA) is 67.7 Å². The van der Waals surface area contributed by atoms with Crippen LogP contribution in [0.3, 0.4) is 0 Å². The van der Waals surface area contributed by atoms with Gasteiger partial charge in [0.1, 0.15) is 5.82 Å². The van der Waals surface area contributed by atoms with Crippen LogP contribution in [0.2, 0.25) is 5.02 Å². The minimum absolute atomic E-state index is 0.471. The van der Waals surface area contributed by atoms with E-state index in [-0.39, 0.29) is 0 Å². The molecule has 7 heteroatoms. The van der Waals surface area contributed by atoms with E-state index < -0.39 is 0 Å². The van der Waals surface area contributed by atoms with Crippen molar-refractivity contribution >= 4 is 34.4 Å². The molecule has 4 rings (SSSR count). The maximum Gasteiger partial charge on any atom is 0.226 e. The number of halogens is 1. The van der Waals surface area contributed by atoms with Crippen LogP contribution in [0.1, 0.15) is 37.7 Å². The van der Waals surface area contributed by atoms with Gasteiger partial charge in [-0.1, -0.05) is 49.1 Å². The molecule has 0 saturated heterocycles. The van der Waals surface area contributed by atoms with E-state index in [1.807, 2.05) is 37.5 Å². The van der Waals surface area contributed by atoms with E-state index in [1.165, 1.54) is 32.1 Å². The van der Waals surface area contributed by atoms with Crippen molar-refractivity contribution < 1.29 is 0 Å². The van der Waals surface area contributed by atoms with Crippen molar-refractivity contribution in [1.29, 1.82) is 0 Å². The van der Waals surface area contributed by atoms with Gasteiger partial charge in [0.15, 0.2) is 5.65 Å². The number of rotatable bonds is 5. The highest BCUT2D eigenvalue weighted by atomic mass is 35.5. The standard InChI is InChI=1S/C19H23ClN6/c1-26-18-15(12-22-26)17(23-14-8-3-2-4-9-14)24-19(25-18)21-11-13-7-5-6-10-16(13)20/h5-7,10,12,14H,2-4,8-9,11H2,1H3,(H2,21,23,24,25). The van der Waals surface area contributed by atoms with Crippen LogP contribution >= 0.6 is 11.6 Å². The zero-order valence-electron chi connectivity index (χ0n) is 14.9. The Balaban J connectivity index is 1.60. The molecule has 1 fully saturated rings. The molecule has 6 nitrogen and oxygen atoms in total. The highest BCUT2D eigenvalue weighted by molar-refractivity contribution is 6.31. The molecule has 136 valence electrons. The van der Waals surface area contributed by atoms with Crippen molar-refractivity contribution in [2.75, 3.05) is 10.6 Å². The third-order valence-corrected chi connectivity index (χ3v) is 5.30. The molecule has 0 amide bonds. The Morgan fingerprint density at radius 1 is 1.15 bits per heavy atom. The molecule has 1 aliphatic carbocycles. The molecule has 1 aliphatic rings. The summed E-state index contributed by atoms with van der Waals surface area (Å²) in [5, 5.41) is 13.0. The minimum atomic E-state index is 0.471. The van der Waals surface area contributed by atoms with E-state index in [9.17, 15) is 0 Å². The van der Waals surface area contributed by atoms with Gasteiger partial charge in [-0.05, 0) is 24.5 Å². The lowest BCUT2D eigenvalue weighted by Crippen LogP contribution is -2.23. The molecule has 0 bridgehead atoms. The number of benzene rings is 1. The third-order valence-electron chi connectivity index (χ3n) is 4.93. The molecule has 2 N–H and O–H groups in total. The summed E-state index contributed by atoms with van der Waals surface area (Å²) in [7, 11) is 1.90. The second-order valence-electron chi connectivity index (χ2n) is 6.83. The first-order valence-electron chi connectivity index (χ1n) is 9.14. The van der Waals surface area contributed by atoms with E-state index in [0.717, 1.165) is 27.4 Å². The van der Waals surface area contributed by atoms with Gasteiger partial charge in [0.25, 0.3) is 0 Å². The summed E-state index contributed by atoms with van der Waals surface area (Å²) in [5.74, 6) is 1.44. The van der Waals surface area contributed by atoms with Gasteiger partial charge in [-0.2, -0.15) is 15.1 Å². The van der Waals surface area contributed by atoms with Gasteiger partial charge in [-0.25, -0.2) is 0 Å². The van der Waals surface area contributed by atoms with Crippen LogP contribution in [0.4, 0.5) is 11.8 Å². The number of hydrogen-bond donors (Lipinski definition) is 2.